The van der Waals surface area contributed by atoms with Gasteiger partial charge in [-0.05, 0) is 73.4 Å². The normalized spacial score (nSPS) is 19.5. The number of aliphatic imine (C=N–C) groups is 1. The van der Waals surface area contributed by atoms with Gasteiger partial charge < -0.3 is 25.8 Å². The first-order valence-electron chi connectivity index (χ1n) is 16.3. The molecule has 0 spiro atoms. The van der Waals surface area contributed by atoms with Crippen LogP contribution in [0.3, 0.4) is 0 Å². The second-order valence-corrected chi connectivity index (χ2v) is 13.0. The van der Waals surface area contributed by atoms with Gasteiger partial charge in [-0.25, -0.2) is 9.59 Å². The highest BCUT2D eigenvalue weighted by Gasteiger charge is 2.45. The fourth-order valence-electron chi connectivity index (χ4n) is 6.06. The highest BCUT2D eigenvalue weighted by molar-refractivity contribution is 6.30. The summed E-state index contributed by atoms with van der Waals surface area (Å²) in [6, 6.07) is 16.0. The minimum Gasteiger partial charge on any atom is -0.493 e. The first-order chi connectivity index (χ1) is 24.3. The third-order valence-corrected chi connectivity index (χ3v) is 9.17. The van der Waals surface area contributed by atoms with Crippen LogP contribution in [0, 0.1) is 0 Å². The zero-order valence-corrected chi connectivity index (χ0v) is 29.1. The van der Waals surface area contributed by atoms with Crippen molar-refractivity contribution in [1.82, 2.24) is 20.0 Å². The van der Waals surface area contributed by atoms with Crippen LogP contribution in [0.15, 0.2) is 71.7 Å². The van der Waals surface area contributed by atoms with Gasteiger partial charge >= 0.3 is 18.3 Å². The van der Waals surface area contributed by atoms with Crippen LogP contribution in [-0.2, 0) is 11.0 Å². The molecule has 2 saturated heterocycles. The Hall–Kier alpha value is -4.53. The predicted molar refractivity (Wildman–Crippen MR) is 186 cm³/mol. The molecule has 3 heterocycles. The van der Waals surface area contributed by atoms with Crippen LogP contribution in [0.4, 0.5) is 22.8 Å². The molecule has 0 saturated carbocycles. The van der Waals surface area contributed by atoms with Crippen molar-refractivity contribution in [3.05, 3.63) is 99.0 Å². The van der Waals surface area contributed by atoms with Crippen molar-refractivity contribution in [3.63, 3.8) is 0 Å². The molecular weight excluding hydrogens is 712 g/mol. The summed E-state index contributed by atoms with van der Waals surface area (Å²) in [4.78, 5) is 44.5. The molecule has 2 atom stereocenters. The molecule has 0 bridgehead atoms. The molecule has 4 N–H and O–H groups in total. The van der Waals surface area contributed by atoms with Crippen LogP contribution in [0.2, 0.25) is 10.0 Å². The van der Waals surface area contributed by atoms with Gasteiger partial charge in [0.05, 0.1) is 23.8 Å². The van der Waals surface area contributed by atoms with Gasteiger partial charge in [-0.2, -0.15) is 13.2 Å². The molecule has 0 aromatic heterocycles. The molecule has 3 aromatic rings. The van der Waals surface area contributed by atoms with Crippen LogP contribution >= 0.6 is 23.2 Å². The summed E-state index contributed by atoms with van der Waals surface area (Å²) >= 11 is 12.4. The molecule has 2 fully saturated rings. The van der Waals surface area contributed by atoms with Gasteiger partial charge in [0.25, 0.3) is 0 Å². The molecule has 272 valence electrons. The Morgan fingerprint density at radius 2 is 1.57 bits per heavy atom. The molecule has 2 unspecified atom stereocenters. The molecule has 6 rings (SSSR count). The maximum absolute atomic E-state index is 14.3. The number of nitrogens with one attached hydrogen (secondary N) is 1. The van der Waals surface area contributed by atoms with Crippen LogP contribution in [0.1, 0.15) is 54.1 Å². The number of amides is 4. The third kappa shape index (κ3) is 9.04. The number of rotatable bonds is 5. The second kappa shape index (κ2) is 16.2. The standard InChI is InChI=1S/C30H29Cl2F3N4O2.C5H8N2O3/c1-2-41-25-17-20(30(33,34)35)7-12-24(25)28-37-26(18-3-8-21(31)9-4-18)27(19-5-10-22(32)11-6-19)39(28)29(40)38-15-13-23(36)14-16-38;8-4-3-7(5(9)10)2-1-6-4/h3-12,17,23,26-27H,2,13-16,36H2,1H3;1-3H2,(H,6,8)(H,9,10). The smallest absolute Gasteiger partial charge is 0.416 e. The van der Waals surface area contributed by atoms with Crippen molar-refractivity contribution in [2.24, 2.45) is 10.7 Å². The highest BCUT2D eigenvalue weighted by atomic mass is 35.5. The third-order valence-electron chi connectivity index (χ3n) is 8.66. The van der Waals surface area contributed by atoms with Gasteiger partial charge in [0, 0.05) is 42.3 Å². The molecule has 4 amide bonds. The lowest BCUT2D eigenvalue weighted by Gasteiger charge is -2.37. The number of alkyl halides is 3. The van der Waals surface area contributed by atoms with E-state index in [4.69, 9.17) is 43.8 Å². The number of benzene rings is 3. The Kier molecular flexibility index (Phi) is 12.0. The first kappa shape index (κ1) is 37.7. The number of nitrogens with zero attached hydrogens (tertiary/aromatic N) is 4. The molecule has 51 heavy (non-hydrogen) atoms. The monoisotopic (exact) mass is 748 g/mol. The summed E-state index contributed by atoms with van der Waals surface area (Å²) in [5, 5.41) is 12.0. The highest BCUT2D eigenvalue weighted by Crippen LogP contribution is 2.46. The number of carbonyl (C=O) groups excluding carboxylic acids is 2. The Bertz CT molecular complexity index is 1750. The summed E-state index contributed by atoms with van der Waals surface area (Å²) in [5.74, 6) is -0.0123. The lowest BCUT2D eigenvalue weighted by atomic mass is 9.93. The number of urea groups is 1. The number of amidine groups is 1. The van der Waals surface area contributed by atoms with E-state index in [1.807, 2.05) is 24.3 Å². The zero-order chi connectivity index (χ0) is 36.9. The minimum atomic E-state index is -4.57. The number of carbonyl (C=O) groups is 3. The molecule has 3 aliphatic heterocycles. The number of nitrogens with two attached hydrogens (primary N) is 1. The number of carboxylic acid groups (broad SMARTS) is 1. The maximum Gasteiger partial charge on any atom is 0.416 e. The van der Waals surface area contributed by atoms with E-state index in [0.717, 1.165) is 28.2 Å². The SMILES string of the molecule is CCOc1cc(C(F)(F)F)ccc1C1=NC(c2ccc(Cl)cc2)C(c2ccc(Cl)cc2)N1C(=O)N1CCC(N)CC1.O=C1CN(C(=O)O)CCN1. The molecule has 3 aromatic carbocycles. The van der Waals surface area contributed by atoms with Crippen molar-refractivity contribution < 1.29 is 37.4 Å². The van der Waals surface area contributed by atoms with E-state index in [-0.39, 0.29) is 48.3 Å². The lowest BCUT2D eigenvalue weighted by molar-refractivity contribution is -0.137. The molecule has 0 radical (unpaired) electrons. The topological polar surface area (TPSA) is 141 Å². The van der Waals surface area contributed by atoms with Crippen LogP contribution in [0.5, 0.6) is 5.75 Å². The van der Waals surface area contributed by atoms with Crippen LogP contribution < -0.4 is 15.8 Å². The summed E-state index contributed by atoms with van der Waals surface area (Å²) in [6.45, 7) is 3.50. The minimum absolute atomic E-state index is 0.000821. The second-order valence-electron chi connectivity index (χ2n) is 12.1. The fourth-order valence-corrected chi connectivity index (χ4v) is 6.31. The van der Waals surface area contributed by atoms with Crippen molar-refractivity contribution in [2.45, 2.75) is 44.1 Å². The van der Waals surface area contributed by atoms with E-state index in [0.29, 0.717) is 49.1 Å². The Labute approximate surface area is 302 Å². The lowest BCUT2D eigenvalue weighted by Crippen LogP contribution is -2.50. The van der Waals surface area contributed by atoms with Crippen molar-refractivity contribution >= 4 is 47.1 Å². The molecular formula is C35H37Cl2F3N6O5. The molecule has 0 aliphatic carbocycles. The van der Waals surface area contributed by atoms with Gasteiger partial charge in [-0.1, -0.05) is 47.5 Å². The quantitative estimate of drug-likeness (QED) is 0.269. The Morgan fingerprint density at radius 1 is 0.961 bits per heavy atom. The Morgan fingerprint density at radius 3 is 2.10 bits per heavy atom. The summed E-state index contributed by atoms with van der Waals surface area (Å²) in [5.41, 5.74) is 7.09. The number of piperazine rings is 1. The number of likely N-dealkylation sites (tertiary alicyclic amines) is 1. The molecule has 16 heteroatoms. The van der Waals surface area contributed by atoms with Gasteiger partial charge in [0.2, 0.25) is 5.91 Å². The number of ether oxygens (including phenoxy) is 1. The Balaban J connectivity index is 0.000000435. The van der Waals surface area contributed by atoms with E-state index < -0.39 is 29.9 Å². The first-order valence-corrected chi connectivity index (χ1v) is 17.0. The van der Waals surface area contributed by atoms with Gasteiger partial charge in [-0.3, -0.25) is 19.6 Å². The molecule has 3 aliphatic rings. The summed E-state index contributed by atoms with van der Waals surface area (Å²) in [7, 11) is 0. The zero-order valence-electron chi connectivity index (χ0n) is 27.6. The van der Waals surface area contributed by atoms with E-state index in [1.54, 1.807) is 41.0 Å². The van der Waals surface area contributed by atoms with E-state index in [1.165, 1.54) is 6.07 Å². The van der Waals surface area contributed by atoms with Gasteiger partial charge in [0.1, 0.15) is 24.2 Å². The number of hydrogen-bond donors (Lipinski definition) is 3. The van der Waals surface area contributed by atoms with Crippen molar-refractivity contribution in [1.29, 1.82) is 0 Å². The summed E-state index contributed by atoms with van der Waals surface area (Å²) < 4.78 is 46.6. The predicted octanol–water partition coefficient (Wildman–Crippen LogP) is 6.60. The maximum atomic E-state index is 14.3. The number of piperidine rings is 1. The van der Waals surface area contributed by atoms with Crippen molar-refractivity contribution in [2.75, 3.05) is 39.3 Å². The largest absolute Gasteiger partial charge is 0.493 e. The van der Waals surface area contributed by atoms with Crippen molar-refractivity contribution in [3.8, 4) is 5.75 Å². The van der Waals surface area contributed by atoms with E-state index in [2.05, 4.69) is 5.32 Å². The van der Waals surface area contributed by atoms with E-state index >= 15 is 0 Å². The van der Waals surface area contributed by atoms with Crippen LogP contribution in [0.25, 0.3) is 0 Å². The average molecular weight is 750 g/mol. The van der Waals surface area contributed by atoms with Crippen LogP contribution in [-0.4, -0.2) is 89.0 Å². The fraction of sp³-hybridized carbons (Fsp3) is 0.371. The number of halogens is 5. The summed E-state index contributed by atoms with van der Waals surface area (Å²) in [6.07, 6.45) is -4.32. The number of hydrogen-bond acceptors (Lipinski definition) is 6. The van der Waals surface area contributed by atoms with E-state index in [9.17, 15) is 27.6 Å². The van der Waals surface area contributed by atoms with Gasteiger partial charge in [0.15, 0.2) is 0 Å². The molecule has 11 nitrogen and oxygen atoms in total. The average Bonchev–Trinajstić information content (AvgIpc) is 3.49. The van der Waals surface area contributed by atoms with Gasteiger partial charge in [-0.15, -0.1) is 0 Å².